The van der Waals surface area contributed by atoms with Crippen LogP contribution < -0.4 is 5.32 Å². The number of anilines is 1. The molecule has 0 atom stereocenters. The molecule has 1 aromatic rings. The first-order valence-corrected chi connectivity index (χ1v) is 3.76. The Morgan fingerprint density at radius 3 is 2.82 bits per heavy atom. The molecule has 1 rings (SSSR count). The van der Waals surface area contributed by atoms with Crippen molar-refractivity contribution in [2.75, 3.05) is 5.32 Å². The van der Waals surface area contributed by atoms with Crippen molar-refractivity contribution < 1.29 is 4.79 Å². The van der Waals surface area contributed by atoms with Gasteiger partial charge in [0.05, 0.1) is 0 Å². The minimum atomic E-state index is 0.414. The topological polar surface area (TPSA) is 29.1 Å². The molecular formula is C8H8ClNO. The highest BCUT2D eigenvalue weighted by atomic mass is 35.5. The molecule has 11 heavy (non-hydrogen) atoms. The van der Waals surface area contributed by atoms with Crippen LogP contribution in [0.5, 0.6) is 0 Å². The second kappa shape index (κ2) is 3.98. The Morgan fingerprint density at radius 1 is 1.45 bits per heavy atom. The van der Waals surface area contributed by atoms with Crippen molar-refractivity contribution >= 4 is 23.7 Å². The van der Waals surface area contributed by atoms with E-state index in [-0.39, 0.29) is 0 Å². The summed E-state index contributed by atoms with van der Waals surface area (Å²) < 4.78 is 0. The summed E-state index contributed by atoms with van der Waals surface area (Å²) in [6, 6.07) is 7.42. The molecule has 0 fully saturated rings. The average Bonchev–Trinajstić information content (AvgIpc) is 2.06. The summed E-state index contributed by atoms with van der Waals surface area (Å²) in [5.41, 5.74) is 1.71. The number of rotatable bonds is 3. The maximum absolute atomic E-state index is 10.1. The summed E-state index contributed by atoms with van der Waals surface area (Å²) >= 11 is 5.61. The van der Waals surface area contributed by atoms with Gasteiger partial charge < -0.3 is 5.32 Å². The summed E-state index contributed by atoms with van der Waals surface area (Å²) in [4.78, 5) is 10.1. The molecule has 0 radical (unpaired) electrons. The number of hydrogen-bond donors (Lipinski definition) is 1. The van der Waals surface area contributed by atoms with Gasteiger partial charge in [0.1, 0.15) is 0 Å². The highest BCUT2D eigenvalue weighted by Gasteiger charge is 1.96. The van der Waals surface area contributed by atoms with E-state index in [4.69, 9.17) is 11.6 Å². The highest BCUT2D eigenvalue weighted by Crippen LogP contribution is 2.15. The molecule has 1 amide bonds. The first-order valence-electron chi connectivity index (χ1n) is 3.22. The molecule has 1 aromatic carbocycles. The Kier molecular flexibility index (Phi) is 2.93. The fourth-order valence-corrected chi connectivity index (χ4v) is 1.07. The van der Waals surface area contributed by atoms with Gasteiger partial charge in [0.2, 0.25) is 6.41 Å². The third kappa shape index (κ3) is 1.95. The van der Waals surface area contributed by atoms with Crippen molar-refractivity contribution in [3.8, 4) is 0 Å². The highest BCUT2D eigenvalue weighted by molar-refractivity contribution is 6.17. The van der Waals surface area contributed by atoms with Crippen molar-refractivity contribution in [2.24, 2.45) is 0 Å². The van der Waals surface area contributed by atoms with Crippen molar-refractivity contribution in [1.29, 1.82) is 0 Å². The molecule has 0 heterocycles. The molecule has 3 heteroatoms. The lowest BCUT2D eigenvalue weighted by Gasteiger charge is -2.02. The first kappa shape index (κ1) is 8.08. The smallest absolute Gasteiger partial charge is 0.211 e. The van der Waals surface area contributed by atoms with Crippen LogP contribution in [0.2, 0.25) is 0 Å². The minimum Gasteiger partial charge on any atom is -0.328 e. The van der Waals surface area contributed by atoms with Gasteiger partial charge in [-0.2, -0.15) is 0 Å². The lowest BCUT2D eigenvalue weighted by molar-refractivity contribution is -0.105. The van der Waals surface area contributed by atoms with E-state index in [1.165, 1.54) is 0 Å². The van der Waals surface area contributed by atoms with E-state index < -0.39 is 0 Å². The van der Waals surface area contributed by atoms with Crippen LogP contribution in [0.15, 0.2) is 24.3 Å². The second-order valence-corrected chi connectivity index (χ2v) is 2.32. The number of halogens is 1. The third-order valence-corrected chi connectivity index (χ3v) is 1.66. The fourth-order valence-electron chi connectivity index (χ4n) is 0.841. The Labute approximate surface area is 70.2 Å². The summed E-state index contributed by atoms with van der Waals surface area (Å²) in [6.45, 7) is 0. The zero-order valence-electron chi connectivity index (χ0n) is 5.88. The number of para-hydroxylation sites is 1. The van der Waals surface area contributed by atoms with Crippen LogP contribution in [0.25, 0.3) is 0 Å². The molecule has 2 nitrogen and oxygen atoms in total. The number of hydrogen-bond acceptors (Lipinski definition) is 1. The summed E-state index contributed by atoms with van der Waals surface area (Å²) in [5.74, 6) is 0.414. The minimum absolute atomic E-state index is 0.414. The normalized spacial score (nSPS) is 9.18. The maximum Gasteiger partial charge on any atom is 0.211 e. The summed E-state index contributed by atoms with van der Waals surface area (Å²) in [5, 5.41) is 2.56. The summed E-state index contributed by atoms with van der Waals surface area (Å²) in [7, 11) is 0. The number of nitrogens with one attached hydrogen (secondary N) is 1. The van der Waals surface area contributed by atoms with Gasteiger partial charge in [-0.15, -0.1) is 11.6 Å². The zero-order chi connectivity index (χ0) is 8.10. The van der Waals surface area contributed by atoms with E-state index >= 15 is 0 Å². The Balaban J connectivity index is 2.92. The van der Waals surface area contributed by atoms with Crippen LogP contribution in [-0.4, -0.2) is 6.41 Å². The van der Waals surface area contributed by atoms with Gasteiger partial charge in [0.25, 0.3) is 0 Å². The molecule has 0 spiro atoms. The van der Waals surface area contributed by atoms with Gasteiger partial charge in [0.15, 0.2) is 0 Å². The number of carbonyl (C=O) groups is 1. The van der Waals surface area contributed by atoms with Crippen LogP contribution in [0.1, 0.15) is 5.56 Å². The molecule has 0 saturated carbocycles. The number of amides is 1. The summed E-state index contributed by atoms with van der Waals surface area (Å²) in [6.07, 6.45) is 0.644. The molecule has 0 aliphatic rings. The van der Waals surface area contributed by atoms with Crippen molar-refractivity contribution in [2.45, 2.75) is 5.88 Å². The fraction of sp³-hybridized carbons (Fsp3) is 0.125. The largest absolute Gasteiger partial charge is 0.328 e. The van der Waals surface area contributed by atoms with Gasteiger partial charge in [-0.3, -0.25) is 4.79 Å². The van der Waals surface area contributed by atoms with E-state index in [0.29, 0.717) is 12.3 Å². The molecule has 0 aromatic heterocycles. The SMILES string of the molecule is O=CNc1ccccc1CCl. The second-order valence-electron chi connectivity index (χ2n) is 2.05. The number of alkyl halides is 1. The molecule has 1 N–H and O–H groups in total. The lowest BCUT2D eigenvalue weighted by atomic mass is 10.2. The Morgan fingerprint density at radius 2 is 2.18 bits per heavy atom. The van der Waals surface area contributed by atoms with E-state index in [9.17, 15) is 4.79 Å². The monoisotopic (exact) mass is 169 g/mol. The molecule has 0 aliphatic carbocycles. The number of benzene rings is 1. The van der Waals surface area contributed by atoms with E-state index in [2.05, 4.69) is 5.32 Å². The van der Waals surface area contributed by atoms with Crippen LogP contribution in [0.3, 0.4) is 0 Å². The van der Waals surface area contributed by atoms with Crippen LogP contribution in [-0.2, 0) is 10.7 Å². The van der Waals surface area contributed by atoms with E-state index in [1.807, 2.05) is 24.3 Å². The Hall–Kier alpha value is -1.02. The van der Waals surface area contributed by atoms with Gasteiger partial charge in [-0.25, -0.2) is 0 Å². The quantitative estimate of drug-likeness (QED) is 0.544. The maximum atomic E-state index is 10.1. The molecule has 0 aliphatic heterocycles. The predicted molar refractivity (Wildman–Crippen MR) is 45.7 cm³/mol. The van der Waals surface area contributed by atoms with Crippen LogP contribution in [0.4, 0.5) is 5.69 Å². The van der Waals surface area contributed by atoms with Gasteiger partial charge in [0, 0.05) is 11.6 Å². The number of carbonyl (C=O) groups excluding carboxylic acids is 1. The van der Waals surface area contributed by atoms with Crippen molar-refractivity contribution in [3.63, 3.8) is 0 Å². The third-order valence-electron chi connectivity index (χ3n) is 1.38. The molecule has 58 valence electrons. The van der Waals surface area contributed by atoms with Crippen molar-refractivity contribution in [3.05, 3.63) is 29.8 Å². The van der Waals surface area contributed by atoms with Gasteiger partial charge in [-0.1, -0.05) is 18.2 Å². The van der Waals surface area contributed by atoms with Crippen molar-refractivity contribution in [1.82, 2.24) is 0 Å². The predicted octanol–water partition coefficient (Wildman–Crippen LogP) is 1.99. The van der Waals surface area contributed by atoms with Gasteiger partial charge >= 0.3 is 0 Å². The van der Waals surface area contributed by atoms with E-state index in [0.717, 1.165) is 11.3 Å². The molecule has 0 unspecified atom stereocenters. The molecule has 0 bridgehead atoms. The Bertz CT molecular complexity index is 250. The average molecular weight is 170 g/mol. The van der Waals surface area contributed by atoms with Gasteiger partial charge in [-0.05, 0) is 11.6 Å². The molecular weight excluding hydrogens is 162 g/mol. The zero-order valence-corrected chi connectivity index (χ0v) is 6.64. The lowest BCUT2D eigenvalue weighted by Crippen LogP contribution is -1.96. The van der Waals surface area contributed by atoms with Crippen LogP contribution in [0, 0.1) is 0 Å². The van der Waals surface area contributed by atoms with E-state index in [1.54, 1.807) is 0 Å². The van der Waals surface area contributed by atoms with Crippen LogP contribution >= 0.6 is 11.6 Å². The standard InChI is InChI=1S/C8H8ClNO/c9-5-7-3-1-2-4-8(7)10-6-11/h1-4,6H,5H2,(H,10,11). The first-order chi connectivity index (χ1) is 5.38. The molecule has 0 saturated heterocycles.